The number of rotatable bonds is 4. The standard InChI is InChI=1S/C15H18N4O/c1-3-12-6-4-5-7-14(12)19-15(20)16-9-13-8-11(2)17-10-18-13/h4-8,10H,3,9H2,1-2H3,(H2,16,19,20). The van der Waals surface area contributed by atoms with Crippen LogP contribution in [-0.2, 0) is 13.0 Å². The molecule has 5 heteroatoms. The summed E-state index contributed by atoms with van der Waals surface area (Å²) in [5.41, 5.74) is 3.62. The van der Waals surface area contributed by atoms with Crippen molar-refractivity contribution in [2.24, 2.45) is 0 Å². The number of urea groups is 1. The van der Waals surface area contributed by atoms with Crippen molar-refractivity contribution in [3.05, 3.63) is 53.6 Å². The molecule has 0 aliphatic rings. The van der Waals surface area contributed by atoms with Crippen molar-refractivity contribution >= 4 is 11.7 Å². The third kappa shape index (κ3) is 3.78. The maximum Gasteiger partial charge on any atom is 0.319 e. The van der Waals surface area contributed by atoms with Gasteiger partial charge in [0.05, 0.1) is 12.2 Å². The Morgan fingerprint density at radius 1 is 1.25 bits per heavy atom. The summed E-state index contributed by atoms with van der Waals surface area (Å²) in [5.74, 6) is 0. The summed E-state index contributed by atoms with van der Waals surface area (Å²) in [7, 11) is 0. The van der Waals surface area contributed by atoms with Gasteiger partial charge in [-0.2, -0.15) is 0 Å². The number of nitrogens with zero attached hydrogens (tertiary/aromatic N) is 2. The van der Waals surface area contributed by atoms with Crippen molar-refractivity contribution in [1.82, 2.24) is 15.3 Å². The number of aromatic nitrogens is 2. The third-order valence-corrected chi connectivity index (χ3v) is 2.94. The summed E-state index contributed by atoms with van der Waals surface area (Å²) in [6.45, 7) is 4.33. The molecular weight excluding hydrogens is 252 g/mol. The van der Waals surface area contributed by atoms with Crippen molar-refractivity contribution in [3.8, 4) is 0 Å². The number of hydrogen-bond donors (Lipinski definition) is 2. The lowest BCUT2D eigenvalue weighted by Gasteiger charge is -2.10. The number of para-hydroxylation sites is 1. The van der Waals surface area contributed by atoms with Crippen molar-refractivity contribution < 1.29 is 4.79 Å². The molecule has 0 radical (unpaired) electrons. The summed E-state index contributed by atoms with van der Waals surface area (Å²) in [4.78, 5) is 20.0. The quantitative estimate of drug-likeness (QED) is 0.897. The van der Waals surface area contributed by atoms with Gasteiger partial charge >= 0.3 is 6.03 Å². The van der Waals surface area contributed by atoms with Crippen molar-refractivity contribution in [2.45, 2.75) is 26.8 Å². The maximum atomic E-state index is 11.9. The molecule has 104 valence electrons. The fraction of sp³-hybridized carbons (Fsp3) is 0.267. The Hall–Kier alpha value is -2.43. The number of carbonyl (C=O) groups is 1. The SMILES string of the molecule is CCc1ccccc1NC(=O)NCc1cc(C)ncn1. The lowest BCUT2D eigenvalue weighted by Crippen LogP contribution is -2.29. The van der Waals surface area contributed by atoms with Crippen LogP contribution in [0.1, 0.15) is 23.9 Å². The first-order chi connectivity index (χ1) is 9.69. The van der Waals surface area contributed by atoms with Crippen molar-refractivity contribution in [3.63, 3.8) is 0 Å². The fourth-order valence-corrected chi connectivity index (χ4v) is 1.89. The van der Waals surface area contributed by atoms with E-state index in [-0.39, 0.29) is 6.03 Å². The van der Waals surface area contributed by atoms with E-state index in [0.717, 1.165) is 29.1 Å². The number of aryl methyl sites for hydroxylation is 2. The highest BCUT2D eigenvalue weighted by Crippen LogP contribution is 2.15. The van der Waals surface area contributed by atoms with Gasteiger partial charge in [-0.15, -0.1) is 0 Å². The number of carbonyl (C=O) groups excluding carboxylic acids is 1. The van der Waals surface area contributed by atoms with E-state index in [4.69, 9.17) is 0 Å². The minimum absolute atomic E-state index is 0.234. The number of benzene rings is 1. The van der Waals surface area contributed by atoms with Crippen molar-refractivity contribution in [2.75, 3.05) is 5.32 Å². The largest absolute Gasteiger partial charge is 0.332 e. The van der Waals surface area contributed by atoms with Gasteiger partial charge in [0.25, 0.3) is 0 Å². The molecule has 2 rings (SSSR count). The molecule has 0 spiro atoms. The van der Waals surface area contributed by atoms with Crippen LogP contribution >= 0.6 is 0 Å². The number of anilines is 1. The Labute approximate surface area is 118 Å². The van der Waals surface area contributed by atoms with Gasteiger partial charge in [-0.25, -0.2) is 14.8 Å². The van der Waals surface area contributed by atoms with Crippen LogP contribution in [-0.4, -0.2) is 16.0 Å². The normalized spacial score (nSPS) is 10.1. The summed E-state index contributed by atoms with van der Waals surface area (Å²) in [6, 6.07) is 9.38. The van der Waals surface area contributed by atoms with Crippen LogP contribution in [0, 0.1) is 6.92 Å². The van der Waals surface area contributed by atoms with E-state index in [9.17, 15) is 4.79 Å². The molecule has 0 bridgehead atoms. The molecular formula is C15H18N4O. The van der Waals surface area contributed by atoms with Gasteiger partial charge in [0.15, 0.2) is 0 Å². The molecule has 20 heavy (non-hydrogen) atoms. The van der Waals surface area contributed by atoms with Gasteiger partial charge in [-0.05, 0) is 31.0 Å². The molecule has 0 saturated carbocycles. The van der Waals surface area contributed by atoms with E-state index >= 15 is 0 Å². The smallest absolute Gasteiger partial charge is 0.319 e. The van der Waals surface area contributed by atoms with Gasteiger partial charge < -0.3 is 10.6 Å². The Balaban J connectivity index is 1.93. The zero-order valence-corrected chi connectivity index (χ0v) is 11.7. The minimum Gasteiger partial charge on any atom is -0.332 e. The zero-order chi connectivity index (χ0) is 14.4. The molecule has 2 amide bonds. The topological polar surface area (TPSA) is 66.9 Å². The lowest BCUT2D eigenvalue weighted by atomic mass is 10.1. The predicted molar refractivity (Wildman–Crippen MR) is 78.4 cm³/mol. The fourth-order valence-electron chi connectivity index (χ4n) is 1.89. The van der Waals surface area contributed by atoms with Crippen molar-refractivity contribution in [1.29, 1.82) is 0 Å². The second-order valence-corrected chi connectivity index (χ2v) is 4.47. The highest BCUT2D eigenvalue weighted by Gasteiger charge is 2.05. The molecule has 0 fully saturated rings. The Bertz CT molecular complexity index is 598. The molecule has 0 unspecified atom stereocenters. The van der Waals surface area contributed by atoms with E-state index in [1.54, 1.807) is 0 Å². The monoisotopic (exact) mass is 270 g/mol. The van der Waals surface area contributed by atoms with Crippen LogP contribution in [0.3, 0.4) is 0 Å². The van der Waals surface area contributed by atoms with E-state index in [2.05, 4.69) is 27.5 Å². The second kappa shape index (κ2) is 6.65. The number of hydrogen-bond acceptors (Lipinski definition) is 3. The number of amides is 2. The zero-order valence-electron chi connectivity index (χ0n) is 11.7. The first-order valence-corrected chi connectivity index (χ1v) is 6.59. The molecule has 1 aromatic heterocycles. The average Bonchev–Trinajstić information content (AvgIpc) is 2.46. The number of nitrogens with one attached hydrogen (secondary N) is 2. The molecule has 0 atom stereocenters. The van der Waals surface area contributed by atoms with E-state index in [1.165, 1.54) is 6.33 Å². The Morgan fingerprint density at radius 2 is 2.05 bits per heavy atom. The van der Waals surface area contributed by atoms with Crippen LogP contribution in [0.2, 0.25) is 0 Å². The van der Waals surface area contributed by atoms with Gasteiger partial charge in [0, 0.05) is 11.4 Å². The first kappa shape index (κ1) is 14.0. The average molecular weight is 270 g/mol. The summed E-state index contributed by atoms with van der Waals surface area (Å²) < 4.78 is 0. The van der Waals surface area contributed by atoms with Crippen LogP contribution in [0.25, 0.3) is 0 Å². The minimum atomic E-state index is -0.234. The Kier molecular flexibility index (Phi) is 4.65. The molecule has 5 nitrogen and oxygen atoms in total. The highest BCUT2D eigenvalue weighted by atomic mass is 16.2. The van der Waals surface area contributed by atoms with Crippen LogP contribution in [0.15, 0.2) is 36.7 Å². The molecule has 2 aromatic rings. The van der Waals surface area contributed by atoms with Crippen LogP contribution < -0.4 is 10.6 Å². The second-order valence-electron chi connectivity index (χ2n) is 4.47. The van der Waals surface area contributed by atoms with Gasteiger partial charge in [-0.1, -0.05) is 25.1 Å². The van der Waals surface area contributed by atoms with Gasteiger partial charge in [0.2, 0.25) is 0 Å². The van der Waals surface area contributed by atoms with E-state index in [1.807, 2.05) is 37.3 Å². The molecule has 0 saturated heterocycles. The first-order valence-electron chi connectivity index (χ1n) is 6.59. The predicted octanol–water partition coefficient (Wildman–Crippen LogP) is 2.67. The lowest BCUT2D eigenvalue weighted by molar-refractivity contribution is 0.251. The molecule has 2 N–H and O–H groups in total. The Morgan fingerprint density at radius 3 is 2.80 bits per heavy atom. The summed E-state index contributed by atoms with van der Waals surface area (Å²) in [5, 5.41) is 5.64. The van der Waals surface area contributed by atoms with E-state index < -0.39 is 0 Å². The van der Waals surface area contributed by atoms with Crippen LogP contribution in [0.5, 0.6) is 0 Å². The maximum absolute atomic E-state index is 11.9. The van der Waals surface area contributed by atoms with Gasteiger partial charge in [0.1, 0.15) is 6.33 Å². The molecule has 0 aliphatic carbocycles. The molecule has 1 aromatic carbocycles. The summed E-state index contributed by atoms with van der Waals surface area (Å²) >= 11 is 0. The van der Waals surface area contributed by atoms with Gasteiger partial charge in [-0.3, -0.25) is 0 Å². The van der Waals surface area contributed by atoms with Crippen LogP contribution in [0.4, 0.5) is 10.5 Å². The summed E-state index contributed by atoms with van der Waals surface area (Å²) in [6.07, 6.45) is 2.37. The highest BCUT2D eigenvalue weighted by molar-refractivity contribution is 5.90. The molecule has 1 heterocycles. The molecule has 0 aliphatic heterocycles. The third-order valence-electron chi connectivity index (χ3n) is 2.94. The van der Waals surface area contributed by atoms with E-state index in [0.29, 0.717) is 6.54 Å².